The molecule has 2 rings (SSSR count). The SMILES string of the molecule is CC(=O)Nc1cccc(NC(=O)CCN(C)C2CCS(=O)(=O)C2)c1. The van der Waals surface area contributed by atoms with E-state index in [4.69, 9.17) is 0 Å². The summed E-state index contributed by atoms with van der Waals surface area (Å²) >= 11 is 0. The topological polar surface area (TPSA) is 95.6 Å². The van der Waals surface area contributed by atoms with Gasteiger partial charge in [-0.1, -0.05) is 6.07 Å². The molecule has 24 heavy (non-hydrogen) atoms. The van der Waals surface area contributed by atoms with Gasteiger partial charge in [0, 0.05) is 37.3 Å². The first kappa shape index (κ1) is 18.4. The summed E-state index contributed by atoms with van der Waals surface area (Å²) < 4.78 is 23.0. The molecule has 1 fully saturated rings. The lowest BCUT2D eigenvalue weighted by Crippen LogP contribution is -2.35. The summed E-state index contributed by atoms with van der Waals surface area (Å²) in [5.41, 5.74) is 1.23. The van der Waals surface area contributed by atoms with Crippen LogP contribution in [0, 0.1) is 0 Å². The van der Waals surface area contributed by atoms with Crippen molar-refractivity contribution in [3.63, 3.8) is 0 Å². The van der Waals surface area contributed by atoms with E-state index in [9.17, 15) is 18.0 Å². The number of anilines is 2. The lowest BCUT2D eigenvalue weighted by Gasteiger charge is -2.22. The van der Waals surface area contributed by atoms with Gasteiger partial charge in [0.05, 0.1) is 11.5 Å². The van der Waals surface area contributed by atoms with Gasteiger partial charge in [-0.15, -0.1) is 0 Å². The Morgan fingerprint density at radius 1 is 1.25 bits per heavy atom. The highest BCUT2D eigenvalue weighted by Gasteiger charge is 2.30. The van der Waals surface area contributed by atoms with Crippen molar-refractivity contribution in [1.29, 1.82) is 0 Å². The molecule has 1 unspecified atom stereocenters. The maximum absolute atomic E-state index is 12.0. The largest absolute Gasteiger partial charge is 0.326 e. The molecular formula is C16H23N3O4S. The Morgan fingerprint density at radius 2 is 1.92 bits per heavy atom. The second kappa shape index (κ2) is 7.76. The van der Waals surface area contributed by atoms with Crippen molar-refractivity contribution in [2.24, 2.45) is 0 Å². The predicted molar refractivity (Wildman–Crippen MR) is 93.7 cm³/mol. The molecule has 0 saturated carbocycles. The number of hydrogen-bond donors (Lipinski definition) is 2. The first-order chi connectivity index (χ1) is 11.2. The molecule has 1 aromatic rings. The van der Waals surface area contributed by atoms with Gasteiger partial charge in [-0.25, -0.2) is 8.42 Å². The lowest BCUT2D eigenvalue weighted by molar-refractivity contribution is -0.116. The number of sulfone groups is 1. The minimum atomic E-state index is -2.92. The summed E-state index contributed by atoms with van der Waals surface area (Å²) in [6.45, 7) is 1.92. The third-order valence-electron chi connectivity index (χ3n) is 3.99. The third kappa shape index (κ3) is 5.61. The number of nitrogens with one attached hydrogen (secondary N) is 2. The molecule has 1 aliphatic rings. The standard InChI is InChI=1S/C16H23N3O4S/c1-12(20)17-13-4-3-5-14(10-13)18-16(21)6-8-19(2)15-7-9-24(22,23)11-15/h3-5,10,15H,6-9,11H2,1-2H3,(H,17,20)(H,18,21). The van der Waals surface area contributed by atoms with E-state index in [0.717, 1.165) is 0 Å². The fraction of sp³-hybridized carbons (Fsp3) is 0.500. The van der Waals surface area contributed by atoms with E-state index in [1.807, 2.05) is 11.9 Å². The number of rotatable bonds is 6. The van der Waals surface area contributed by atoms with Gasteiger partial charge in [0.1, 0.15) is 0 Å². The zero-order valence-electron chi connectivity index (χ0n) is 13.9. The summed E-state index contributed by atoms with van der Waals surface area (Å²) in [6, 6.07) is 6.91. The molecular weight excluding hydrogens is 330 g/mol. The normalized spacial score (nSPS) is 19.2. The minimum absolute atomic E-state index is 0.00843. The fourth-order valence-electron chi connectivity index (χ4n) is 2.68. The van der Waals surface area contributed by atoms with Crippen molar-refractivity contribution < 1.29 is 18.0 Å². The Balaban J connectivity index is 1.82. The van der Waals surface area contributed by atoms with Crippen LogP contribution in [0.2, 0.25) is 0 Å². The minimum Gasteiger partial charge on any atom is -0.326 e. The smallest absolute Gasteiger partial charge is 0.225 e. The molecule has 7 nitrogen and oxygen atoms in total. The van der Waals surface area contributed by atoms with E-state index in [-0.39, 0.29) is 35.8 Å². The number of nitrogens with zero attached hydrogens (tertiary/aromatic N) is 1. The first-order valence-corrected chi connectivity index (χ1v) is 9.65. The second-order valence-electron chi connectivity index (χ2n) is 6.10. The maximum Gasteiger partial charge on any atom is 0.225 e. The monoisotopic (exact) mass is 353 g/mol. The Bertz CT molecular complexity index is 718. The second-order valence-corrected chi connectivity index (χ2v) is 8.33. The number of benzene rings is 1. The summed E-state index contributed by atoms with van der Waals surface area (Å²) in [5.74, 6) is 0.0721. The molecule has 0 bridgehead atoms. The predicted octanol–water partition coefficient (Wildman–Crippen LogP) is 1.09. The highest BCUT2D eigenvalue weighted by Crippen LogP contribution is 2.17. The Labute approximate surface area is 142 Å². The van der Waals surface area contributed by atoms with E-state index in [0.29, 0.717) is 24.3 Å². The van der Waals surface area contributed by atoms with Crippen LogP contribution in [0.3, 0.4) is 0 Å². The lowest BCUT2D eigenvalue weighted by atomic mass is 10.2. The quantitative estimate of drug-likeness (QED) is 0.798. The zero-order chi connectivity index (χ0) is 17.7. The van der Waals surface area contributed by atoms with Crippen LogP contribution in [-0.2, 0) is 19.4 Å². The van der Waals surface area contributed by atoms with Crippen molar-refractivity contribution in [3.05, 3.63) is 24.3 Å². The highest BCUT2D eigenvalue weighted by atomic mass is 32.2. The van der Waals surface area contributed by atoms with E-state index >= 15 is 0 Å². The highest BCUT2D eigenvalue weighted by molar-refractivity contribution is 7.91. The molecule has 8 heteroatoms. The Hall–Kier alpha value is -1.93. The van der Waals surface area contributed by atoms with Crippen LogP contribution in [-0.4, -0.2) is 56.3 Å². The number of amides is 2. The van der Waals surface area contributed by atoms with E-state index in [2.05, 4.69) is 10.6 Å². The summed E-state index contributed by atoms with van der Waals surface area (Å²) in [6.07, 6.45) is 0.899. The van der Waals surface area contributed by atoms with Crippen LogP contribution < -0.4 is 10.6 Å². The van der Waals surface area contributed by atoms with Crippen molar-refractivity contribution >= 4 is 33.0 Å². The molecule has 2 amide bonds. The molecule has 0 aliphatic carbocycles. The van der Waals surface area contributed by atoms with Crippen LogP contribution in [0.5, 0.6) is 0 Å². The molecule has 0 spiro atoms. The van der Waals surface area contributed by atoms with Gasteiger partial charge < -0.3 is 15.5 Å². The molecule has 0 radical (unpaired) electrons. The van der Waals surface area contributed by atoms with E-state index < -0.39 is 9.84 Å². The Morgan fingerprint density at radius 3 is 2.50 bits per heavy atom. The van der Waals surface area contributed by atoms with Crippen LogP contribution in [0.4, 0.5) is 11.4 Å². The van der Waals surface area contributed by atoms with Gasteiger partial charge in [-0.3, -0.25) is 9.59 Å². The van der Waals surface area contributed by atoms with Crippen LogP contribution >= 0.6 is 0 Å². The molecule has 0 aromatic heterocycles. The van der Waals surface area contributed by atoms with Crippen molar-refractivity contribution in [3.8, 4) is 0 Å². The summed E-state index contributed by atoms with van der Waals surface area (Å²) in [4.78, 5) is 25.0. The van der Waals surface area contributed by atoms with Gasteiger partial charge in [0.15, 0.2) is 9.84 Å². The number of carbonyl (C=O) groups is 2. The van der Waals surface area contributed by atoms with Crippen LogP contribution in [0.1, 0.15) is 19.8 Å². The van der Waals surface area contributed by atoms with Crippen molar-refractivity contribution in [2.75, 3.05) is 35.7 Å². The van der Waals surface area contributed by atoms with Crippen molar-refractivity contribution in [1.82, 2.24) is 4.90 Å². The summed E-state index contributed by atoms with van der Waals surface area (Å²) in [5, 5.41) is 5.44. The maximum atomic E-state index is 12.0. The van der Waals surface area contributed by atoms with Gasteiger partial charge in [-0.05, 0) is 31.7 Å². The summed E-state index contributed by atoms with van der Waals surface area (Å²) in [7, 11) is -1.08. The van der Waals surface area contributed by atoms with Gasteiger partial charge in [-0.2, -0.15) is 0 Å². The molecule has 132 valence electrons. The third-order valence-corrected chi connectivity index (χ3v) is 5.74. The molecule has 2 N–H and O–H groups in total. The van der Waals surface area contributed by atoms with Gasteiger partial charge in [0.2, 0.25) is 11.8 Å². The first-order valence-electron chi connectivity index (χ1n) is 7.83. The number of hydrogen-bond acceptors (Lipinski definition) is 5. The zero-order valence-corrected chi connectivity index (χ0v) is 14.7. The van der Waals surface area contributed by atoms with Gasteiger partial charge in [0.25, 0.3) is 0 Å². The van der Waals surface area contributed by atoms with E-state index in [1.165, 1.54) is 6.92 Å². The Kier molecular flexibility index (Phi) is 5.95. The molecule has 1 aliphatic heterocycles. The number of carbonyl (C=O) groups excluding carboxylic acids is 2. The van der Waals surface area contributed by atoms with E-state index in [1.54, 1.807) is 24.3 Å². The molecule has 1 atom stereocenters. The molecule has 1 aromatic carbocycles. The van der Waals surface area contributed by atoms with Gasteiger partial charge >= 0.3 is 0 Å². The molecule has 1 saturated heterocycles. The fourth-order valence-corrected chi connectivity index (χ4v) is 4.49. The van der Waals surface area contributed by atoms with Crippen molar-refractivity contribution in [2.45, 2.75) is 25.8 Å². The van der Waals surface area contributed by atoms with Crippen LogP contribution in [0.15, 0.2) is 24.3 Å². The van der Waals surface area contributed by atoms with Crippen LogP contribution in [0.25, 0.3) is 0 Å². The molecule has 1 heterocycles. The average molecular weight is 353 g/mol. The average Bonchev–Trinajstić information content (AvgIpc) is 2.85.